The highest BCUT2D eigenvalue weighted by Crippen LogP contribution is 2.32. The molecule has 7 nitrogen and oxygen atoms in total. The number of halogens is 2. The summed E-state index contributed by atoms with van der Waals surface area (Å²) >= 11 is 6.05. The molecule has 0 aliphatic carbocycles. The number of ketones is 1. The van der Waals surface area contributed by atoms with Gasteiger partial charge in [0.15, 0.2) is 5.78 Å². The lowest BCUT2D eigenvalue weighted by atomic mass is 9.92. The normalized spacial score (nSPS) is 16.1. The zero-order valence-electron chi connectivity index (χ0n) is 20.1. The van der Waals surface area contributed by atoms with Gasteiger partial charge in [-0.2, -0.15) is 0 Å². The first-order valence-electron chi connectivity index (χ1n) is 11.7. The molecule has 0 spiro atoms. The van der Waals surface area contributed by atoms with Crippen molar-refractivity contribution in [3.63, 3.8) is 0 Å². The number of anilines is 1. The summed E-state index contributed by atoms with van der Waals surface area (Å²) < 4.78 is 40.1. The predicted molar refractivity (Wildman–Crippen MR) is 139 cm³/mol. The molecular formula is C26H28ClFN4O3S. The molecule has 0 unspecified atom stereocenters. The molecule has 2 N–H and O–H groups in total. The van der Waals surface area contributed by atoms with E-state index in [0.29, 0.717) is 47.9 Å². The summed E-state index contributed by atoms with van der Waals surface area (Å²) in [5.74, 6) is -0.905. The quantitative estimate of drug-likeness (QED) is 0.429. The summed E-state index contributed by atoms with van der Waals surface area (Å²) in [4.78, 5) is 21.7. The van der Waals surface area contributed by atoms with Gasteiger partial charge in [-0.25, -0.2) is 27.1 Å². The van der Waals surface area contributed by atoms with Crippen LogP contribution in [0.15, 0.2) is 48.7 Å². The molecule has 3 aromatic rings. The lowest BCUT2D eigenvalue weighted by Crippen LogP contribution is -2.37. The van der Waals surface area contributed by atoms with Gasteiger partial charge in [-0.15, -0.1) is 0 Å². The number of carbonyl (C=O) groups is 1. The molecule has 1 aromatic heterocycles. The number of nitrogens with two attached hydrogens (primary N) is 1. The Balaban J connectivity index is 1.51. The summed E-state index contributed by atoms with van der Waals surface area (Å²) in [7, 11) is -3.23. The molecule has 1 atom stereocenters. The van der Waals surface area contributed by atoms with Crippen LogP contribution >= 0.6 is 11.6 Å². The first-order chi connectivity index (χ1) is 17.0. The van der Waals surface area contributed by atoms with Crippen LogP contribution in [0.1, 0.15) is 59.6 Å². The van der Waals surface area contributed by atoms with Crippen molar-refractivity contribution in [2.75, 3.05) is 25.1 Å². The molecule has 36 heavy (non-hydrogen) atoms. The molecule has 0 amide bonds. The van der Waals surface area contributed by atoms with Crippen molar-refractivity contribution in [3.05, 3.63) is 76.3 Å². The number of hydrogen-bond donors (Lipinski definition) is 1. The number of nitrogen functional groups attached to an aromatic ring is 1. The lowest BCUT2D eigenvalue weighted by Gasteiger charge is -2.29. The minimum absolute atomic E-state index is 0.00320. The van der Waals surface area contributed by atoms with Gasteiger partial charge in [-0.05, 0) is 48.6 Å². The van der Waals surface area contributed by atoms with E-state index in [1.54, 1.807) is 24.4 Å². The summed E-state index contributed by atoms with van der Waals surface area (Å²) in [6, 6.07) is 11.6. The number of aromatic nitrogens is 2. The number of Topliss-reactive ketones (excluding diaryl/α,β-unsaturated/α-hetero) is 1. The summed E-state index contributed by atoms with van der Waals surface area (Å²) in [6.45, 7) is 2.71. The van der Waals surface area contributed by atoms with E-state index < -0.39 is 15.8 Å². The van der Waals surface area contributed by atoms with Crippen molar-refractivity contribution in [3.8, 4) is 11.3 Å². The van der Waals surface area contributed by atoms with E-state index >= 15 is 4.39 Å². The molecule has 0 bridgehead atoms. The first-order valence-corrected chi connectivity index (χ1v) is 13.9. The standard InChI is InChI=1S/C26H28ClFN4O3S/c1-16(18-4-3-5-20(27)13-18)12-24(33)21-7-6-19(14-22(21)28)25-26(29)30-15-23(31-25)17-8-10-32(11-9-17)36(2,34)35/h3-7,13-17H,8-12H2,1-2H3,(H2,29,30)/t16-/m0/s1. The third-order valence-corrected chi connectivity index (χ3v) is 8.15. The van der Waals surface area contributed by atoms with E-state index in [1.165, 1.54) is 22.7 Å². The van der Waals surface area contributed by atoms with Crippen LogP contribution in [0.3, 0.4) is 0 Å². The lowest BCUT2D eigenvalue weighted by molar-refractivity contribution is 0.0971. The second-order valence-corrected chi connectivity index (χ2v) is 11.7. The molecule has 1 aliphatic heterocycles. The highest BCUT2D eigenvalue weighted by molar-refractivity contribution is 7.88. The highest BCUT2D eigenvalue weighted by Gasteiger charge is 2.27. The Bertz CT molecular complexity index is 1390. The fourth-order valence-corrected chi connectivity index (χ4v) is 5.58. The van der Waals surface area contributed by atoms with E-state index in [0.717, 1.165) is 5.56 Å². The smallest absolute Gasteiger partial charge is 0.211 e. The molecule has 1 fully saturated rings. The van der Waals surface area contributed by atoms with Gasteiger partial charge in [0.1, 0.15) is 17.3 Å². The third-order valence-electron chi connectivity index (χ3n) is 6.61. The third kappa shape index (κ3) is 5.91. The van der Waals surface area contributed by atoms with Gasteiger partial charge in [0, 0.05) is 36.0 Å². The fourth-order valence-electron chi connectivity index (χ4n) is 4.51. The Morgan fingerprint density at radius 1 is 1.22 bits per heavy atom. The van der Waals surface area contributed by atoms with Crippen molar-refractivity contribution in [1.29, 1.82) is 0 Å². The average Bonchev–Trinajstić information content (AvgIpc) is 2.83. The van der Waals surface area contributed by atoms with Crippen molar-refractivity contribution in [2.24, 2.45) is 0 Å². The monoisotopic (exact) mass is 530 g/mol. The van der Waals surface area contributed by atoms with Gasteiger partial charge in [0.2, 0.25) is 10.0 Å². The zero-order valence-corrected chi connectivity index (χ0v) is 21.7. The SMILES string of the molecule is C[C@@H](CC(=O)c1ccc(-c2nc(C3CCN(S(C)(=O)=O)CC3)cnc2N)cc1F)c1cccc(Cl)c1. The second kappa shape index (κ2) is 10.6. The Kier molecular flexibility index (Phi) is 7.73. The van der Waals surface area contributed by atoms with Crippen LogP contribution in [-0.4, -0.2) is 47.8 Å². The van der Waals surface area contributed by atoms with Crippen LogP contribution < -0.4 is 5.73 Å². The number of sulfonamides is 1. The van der Waals surface area contributed by atoms with Crippen molar-refractivity contribution >= 4 is 33.2 Å². The van der Waals surface area contributed by atoms with Crippen LogP contribution in [0.2, 0.25) is 5.02 Å². The number of hydrogen-bond acceptors (Lipinski definition) is 6. The number of rotatable bonds is 7. The Morgan fingerprint density at radius 3 is 2.58 bits per heavy atom. The molecular weight excluding hydrogens is 503 g/mol. The minimum atomic E-state index is -3.23. The van der Waals surface area contributed by atoms with Crippen LogP contribution in [-0.2, 0) is 10.0 Å². The van der Waals surface area contributed by atoms with Gasteiger partial charge >= 0.3 is 0 Å². The first kappa shape index (κ1) is 26.2. The van der Waals surface area contributed by atoms with Gasteiger partial charge in [0.05, 0.1) is 23.7 Å². The summed E-state index contributed by atoms with van der Waals surface area (Å²) in [6.07, 6.45) is 4.15. The fraction of sp³-hybridized carbons (Fsp3) is 0.346. The molecule has 1 aliphatic rings. The largest absolute Gasteiger partial charge is 0.382 e. The molecule has 0 radical (unpaired) electrons. The Labute approximate surface area is 215 Å². The Morgan fingerprint density at radius 2 is 1.94 bits per heavy atom. The maximum Gasteiger partial charge on any atom is 0.211 e. The molecule has 2 aromatic carbocycles. The van der Waals surface area contributed by atoms with Crippen molar-refractivity contribution in [2.45, 2.75) is 38.0 Å². The zero-order chi connectivity index (χ0) is 26.0. The number of piperidine rings is 1. The topological polar surface area (TPSA) is 106 Å². The maximum atomic E-state index is 15.1. The van der Waals surface area contributed by atoms with Gasteiger partial charge in [-0.3, -0.25) is 4.79 Å². The van der Waals surface area contributed by atoms with Crippen molar-refractivity contribution < 1.29 is 17.6 Å². The van der Waals surface area contributed by atoms with E-state index in [1.807, 2.05) is 19.1 Å². The summed E-state index contributed by atoms with van der Waals surface area (Å²) in [5, 5.41) is 0.587. The van der Waals surface area contributed by atoms with Crippen LogP contribution in [0.25, 0.3) is 11.3 Å². The van der Waals surface area contributed by atoms with Crippen LogP contribution in [0.4, 0.5) is 10.2 Å². The maximum absolute atomic E-state index is 15.1. The van der Waals surface area contributed by atoms with Crippen LogP contribution in [0, 0.1) is 5.82 Å². The van der Waals surface area contributed by atoms with E-state index in [2.05, 4.69) is 9.97 Å². The van der Waals surface area contributed by atoms with Gasteiger partial charge in [0.25, 0.3) is 0 Å². The minimum Gasteiger partial charge on any atom is -0.382 e. The highest BCUT2D eigenvalue weighted by atomic mass is 35.5. The molecule has 2 heterocycles. The molecule has 4 rings (SSSR count). The number of nitrogens with zero attached hydrogens (tertiary/aromatic N) is 3. The predicted octanol–water partition coefficient (Wildman–Crippen LogP) is 5.03. The average molecular weight is 531 g/mol. The molecule has 190 valence electrons. The van der Waals surface area contributed by atoms with E-state index in [9.17, 15) is 13.2 Å². The van der Waals surface area contributed by atoms with Gasteiger partial charge in [-0.1, -0.05) is 36.7 Å². The number of carbonyl (C=O) groups excluding carboxylic acids is 1. The number of benzene rings is 2. The summed E-state index contributed by atoms with van der Waals surface area (Å²) in [5.41, 5.74) is 8.42. The molecule has 10 heteroatoms. The molecule has 0 saturated carbocycles. The van der Waals surface area contributed by atoms with Crippen molar-refractivity contribution in [1.82, 2.24) is 14.3 Å². The Hall–Kier alpha value is -2.88. The van der Waals surface area contributed by atoms with E-state index in [-0.39, 0.29) is 35.4 Å². The van der Waals surface area contributed by atoms with Crippen LogP contribution in [0.5, 0.6) is 0 Å². The van der Waals surface area contributed by atoms with Gasteiger partial charge < -0.3 is 5.73 Å². The second-order valence-electron chi connectivity index (χ2n) is 9.24. The molecule has 1 saturated heterocycles. The van der Waals surface area contributed by atoms with E-state index in [4.69, 9.17) is 17.3 Å².